The molecule has 0 aliphatic carbocycles. The van der Waals surface area contributed by atoms with Gasteiger partial charge in [0, 0.05) is 0 Å². The van der Waals surface area contributed by atoms with Crippen LogP contribution < -0.4 is 0 Å². The van der Waals surface area contributed by atoms with Gasteiger partial charge in [-0.2, -0.15) is 0 Å². The van der Waals surface area contributed by atoms with Gasteiger partial charge in [0.2, 0.25) is 0 Å². The van der Waals surface area contributed by atoms with Crippen molar-refractivity contribution in [2.24, 2.45) is 0 Å². The maximum Gasteiger partial charge on any atom is 0.187 e. The van der Waals surface area contributed by atoms with Crippen LogP contribution in [0.5, 0.6) is 0 Å². The zero-order valence-corrected chi connectivity index (χ0v) is 33.4. The zero-order valence-electron chi connectivity index (χ0n) is 33.4. The van der Waals surface area contributed by atoms with E-state index in [2.05, 4.69) is 24.3 Å². The molecule has 0 amide bonds. The van der Waals surface area contributed by atoms with Crippen molar-refractivity contribution in [1.82, 2.24) is 0 Å². The zero-order chi connectivity index (χ0) is 40.2. The molecule has 1 saturated heterocycles. The van der Waals surface area contributed by atoms with Crippen LogP contribution in [0.1, 0.15) is 33.4 Å². The second kappa shape index (κ2) is 23.6. The summed E-state index contributed by atoms with van der Waals surface area (Å²) < 4.78 is 53.5. The Labute approximate surface area is 348 Å². The molecule has 0 N–H and O–H groups in total. The standard InChI is InChI=1S/C51H54O8/c1-7-19-40(20-8-1)31-52-37-46(38-53-32-41-21-9-2-10-22-41)58-51-50(57-36-45-29-17-6-18-30-45)49(56-35-44-27-15-5-16-28-44)48(55-34-43-25-13-4-14-26-43)47(59-51)39-54-33-42-23-11-3-12-24-42/h1-30,46-51H,31-39H2/t47-,48+,49+,50-,51+/m1/s1. The average Bonchev–Trinajstić information content (AvgIpc) is 3.29. The van der Waals surface area contributed by atoms with Crippen LogP contribution >= 0.6 is 0 Å². The predicted octanol–water partition coefficient (Wildman–Crippen LogP) is 9.50. The van der Waals surface area contributed by atoms with Crippen LogP contribution in [-0.4, -0.2) is 56.6 Å². The summed E-state index contributed by atoms with van der Waals surface area (Å²) in [4.78, 5) is 0. The largest absolute Gasteiger partial charge is 0.374 e. The maximum absolute atomic E-state index is 6.98. The Morgan fingerprint density at radius 1 is 0.356 bits per heavy atom. The summed E-state index contributed by atoms with van der Waals surface area (Å²) in [6.45, 7) is 2.97. The molecule has 0 spiro atoms. The predicted molar refractivity (Wildman–Crippen MR) is 227 cm³/mol. The lowest BCUT2D eigenvalue weighted by molar-refractivity contribution is -0.340. The molecule has 6 aromatic rings. The summed E-state index contributed by atoms with van der Waals surface area (Å²) >= 11 is 0. The first-order valence-corrected chi connectivity index (χ1v) is 20.4. The Hall–Kier alpha value is -5.00. The van der Waals surface area contributed by atoms with E-state index in [1.165, 1.54) is 0 Å². The summed E-state index contributed by atoms with van der Waals surface area (Å²) in [6.07, 6.45) is -3.92. The molecule has 1 fully saturated rings. The third-order valence-corrected chi connectivity index (χ3v) is 10.00. The minimum Gasteiger partial charge on any atom is -0.374 e. The molecule has 1 aliphatic rings. The van der Waals surface area contributed by atoms with Crippen LogP contribution in [0.25, 0.3) is 0 Å². The summed E-state index contributed by atoms with van der Waals surface area (Å²) in [5, 5.41) is 0. The van der Waals surface area contributed by atoms with Crippen molar-refractivity contribution in [2.75, 3.05) is 19.8 Å². The first-order valence-electron chi connectivity index (χ1n) is 20.4. The molecular weight excluding hydrogens is 741 g/mol. The fourth-order valence-corrected chi connectivity index (χ4v) is 6.94. The molecule has 1 heterocycles. The maximum atomic E-state index is 6.98. The van der Waals surface area contributed by atoms with Gasteiger partial charge in [0.25, 0.3) is 0 Å². The number of rotatable bonds is 23. The van der Waals surface area contributed by atoms with E-state index in [0.29, 0.717) is 39.6 Å². The molecule has 0 saturated carbocycles. The topological polar surface area (TPSA) is 73.8 Å². The van der Waals surface area contributed by atoms with E-state index in [1.54, 1.807) is 0 Å². The van der Waals surface area contributed by atoms with Gasteiger partial charge in [-0.25, -0.2) is 0 Å². The van der Waals surface area contributed by atoms with Crippen LogP contribution in [0, 0.1) is 0 Å². The molecule has 6 aromatic carbocycles. The van der Waals surface area contributed by atoms with Crippen molar-refractivity contribution in [3.05, 3.63) is 215 Å². The highest BCUT2D eigenvalue weighted by molar-refractivity contribution is 5.17. The Morgan fingerprint density at radius 3 is 1.07 bits per heavy atom. The van der Waals surface area contributed by atoms with E-state index in [-0.39, 0.29) is 19.8 Å². The molecule has 59 heavy (non-hydrogen) atoms. The van der Waals surface area contributed by atoms with E-state index < -0.39 is 36.8 Å². The van der Waals surface area contributed by atoms with Crippen molar-refractivity contribution in [3.8, 4) is 0 Å². The molecule has 0 aromatic heterocycles. The number of hydrogen-bond donors (Lipinski definition) is 0. The minimum atomic E-state index is -0.896. The molecule has 5 atom stereocenters. The Balaban J connectivity index is 1.18. The SMILES string of the molecule is c1ccc(COCC(COCc2ccccc2)O[C@H]2O[C@H](COCc3ccccc3)[C@H](OCc3ccccc3)[C@H](OCc3ccccc3)[C@H]2OCc2ccccc2)cc1. The van der Waals surface area contributed by atoms with Crippen molar-refractivity contribution in [3.63, 3.8) is 0 Å². The highest BCUT2D eigenvalue weighted by Gasteiger charge is 2.50. The van der Waals surface area contributed by atoms with E-state index in [4.69, 9.17) is 37.9 Å². The molecule has 0 bridgehead atoms. The van der Waals surface area contributed by atoms with Gasteiger partial charge in [-0.05, 0) is 33.4 Å². The summed E-state index contributed by atoms with van der Waals surface area (Å²) in [7, 11) is 0. The van der Waals surface area contributed by atoms with Gasteiger partial charge in [0.05, 0.1) is 59.5 Å². The van der Waals surface area contributed by atoms with Gasteiger partial charge >= 0.3 is 0 Å². The fourth-order valence-electron chi connectivity index (χ4n) is 6.94. The van der Waals surface area contributed by atoms with E-state index in [9.17, 15) is 0 Å². The van der Waals surface area contributed by atoms with Gasteiger partial charge in [0.1, 0.15) is 30.5 Å². The second-order valence-corrected chi connectivity index (χ2v) is 14.6. The second-order valence-electron chi connectivity index (χ2n) is 14.6. The van der Waals surface area contributed by atoms with Crippen LogP contribution in [0.15, 0.2) is 182 Å². The number of ether oxygens (including phenoxy) is 8. The highest BCUT2D eigenvalue weighted by Crippen LogP contribution is 2.32. The van der Waals surface area contributed by atoms with Gasteiger partial charge in [-0.15, -0.1) is 0 Å². The van der Waals surface area contributed by atoms with Crippen LogP contribution in [0.4, 0.5) is 0 Å². The summed E-state index contributed by atoms with van der Waals surface area (Å²) in [6, 6.07) is 60.6. The molecule has 8 nitrogen and oxygen atoms in total. The lowest BCUT2D eigenvalue weighted by atomic mass is 9.97. The van der Waals surface area contributed by atoms with E-state index in [1.807, 2.05) is 158 Å². The van der Waals surface area contributed by atoms with Crippen molar-refractivity contribution in [2.45, 2.75) is 76.5 Å². The first kappa shape index (κ1) is 42.1. The van der Waals surface area contributed by atoms with Crippen molar-refractivity contribution >= 4 is 0 Å². The minimum absolute atomic E-state index is 0.227. The Morgan fingerprint density at radius 2 is 0.678 bits per heavy atom. The number of hydrogen-bond acceptors (Lipinski definition) is 8. The molecular formula is C51H54O8. The molecule has 7 rings (SSSR count). The third-order valence-electron chi connectivity index (χ3n) is 10.00. The fraction of sp³-hybridized carbons (Fsp3) is 0.294. The van der Waals surface area contributed by atoms with Gasteiger partial charge in [-0.1, -0.05) is 182 Å². The molecule has 1 aliphatic heterocycles. The lowest BCUT2D eigenvalue weighted by Crippen LogP contribution is -2.62. The van der Waals surface area contributed by atoms with E-state index in [0.717, 1.165) is 33.4 Å². The first-order chi connectivity index (χ1) is 29.3. The number of benzene rings is 6. The third kappa shape index (κ3) is 13.8. The Bertz CT molecular complexity index is 1940. The van der Waals surface area contributed by atoms with Crippen molar-refractivity contribution in [1.29, 1.82) is 0 Å². The highest BCUT2D eigenvalue weighted by atomic mass is 16.7. The molecule has 0 unspecified atom stereocenters. The smallest absolute Gasteiger partial charge is 0.187 e. The quantitative estimate of drug-likeness (QED) is 0.0636. The van der Waals surface area contributed by atoms with Crippen LogP contribution in [0.3, 0.4) is 0 Å². The Kier molecular flexibility index (Phi) is 16.8. The normalized spacial score (nSPS) is 19.2. The molecule has 8 heteroatoms. The average molecular weight is 795 g/mol. The summed E-state index contributed by atoms with van der Waals surface area (Å²) in [5.74, 6) is 0. The van der Waals surface area contributed by atoms with E-state index >= 15 is 0 Å². The van der Waals surface area contributed by atoms with Crippen LogP contribution in [-0.2, 0) is 77.5 Å². The monoisotopic (exact) mass is 794 g/mol. The lowest BCUT2D eigenvalue weighted by Gasteiger charge is -2.46. The van der Waals surface area contributed by atoms with Gasteiger partial charge < -0.3 is 37.9 Å². The molecule has 306 valence electrons. The summed E-state index contributed by atoms with van der Waals surface area (Å²) in [5.41, 5.74) is 6.26. The molecule has 0 radical (unpaired) electrons. The van der Waals surface area contributed by atoms with Crippen molar-refractivity contribution < 1.29 is 37.9 Å². The van der Waals surface area contributed by atoms with Gasteiger partial charge in [-0.3, -0.25) is 0 Å². The van der Waals surface area contributed by atoms with Gasteiger partial charge in [0.15, 0.2) is 6.29 Å². The van der Waals surface area contributed by atoms with Crippen LogP contribution in [0.2, 0.25) is 0 Å².